The average molecular weight is 228 g/mol. The Balaban J connectivity index is 3.91. The van der Waals surface area contributed by atoms with Gasteiger partial charge in [0, 0.05) is 12.3 Å². The summed E-state index contributed by atoms with van der Waals surface area (Å²) < 4.78 is 4.95. The number of rotatable bonds is 8. The van der Waals surface area contributed by atoms with Crippen molar-refractivity contribution in [2.24, 2.45) is 11.8 Å². The zero-order chi connectivity index (χ0) is 12.6. The second-order valence-corrected chi connectivity index (χ2v) is 4.49. The molecule has 0 aromatic rings. The van der Waals surface area contributed by atoms with Gasteiger partial charge >= 0.3 is 5.97 Å². The molecule has 0 heterocycles. The van der Waals surface area contributed by atoms with E-state index in [2.05, 4.69) is 0 Å². The zero-order valence-electron chi connectivity index (χ0n) is 10.9. The fraction of sp³-hybridized carbons (Fsp3) is 0.846. The van der Waals surface area contributed by atoms with E-state index in [0.29, 0.717) is 12.3 Å². The molecule has 0 aromatic carbocycles. The van der Waals surface area contributed by atoms with Crippen LogP contribution in [0.2, 0.25) is 0 Å². The van der Waals surface area contributed by atoms with E-state index in [9.17, 15) is 9.59 Å². The summed E-state index contributed by atoms with van der Waals surface area (Å²) in [6, 6.07) is 0. The highest BCUT2D eigenvalue weighted by Crippen LogP contribution is 2.16. The van der Waals surface area contributed by atoms with E-state index in [-0.39, 0.29) is 24.3 Å². The molecule has 0 saturated heterocycles. The lowest BCUT2D eigenvalue weighted by Gasteiger charge is -2.17. The fourth-order valence-electron chi connectivity index (χ4n) is 1.72. The lowest BCUT2D eigenvalue weighted by molar-refractivity contribution is -0.149. The molecule has 0 aromatic heterocycles. The summed E-state index contributed by atoms with van der Waals surface area (Å²) in [5, 5.41) is 0. The van der Waals surface area contributed by atoms with E-state index in [1.54, 1.807) is 0 Å². The summed E-state index contributed by atoms with van der Waals surface area (Å²) in [6.07, 6.45) is 3.02. The number of hydrogen-bond donors (Lipinski definition) is 0. The van der Waals surface area contributed by atoms with Gasteiger partial charge in [0.1, 0.15) is 6.61 Å². The number of hydrogen-bond acceptors (Lipinski definition) is 3. The number of unbranched alkanes of at least 4 members (excludes halogenated alkanes) is 1. The van der Waals surface area contributed by atoms with Crippen LogP contribution in [0, 0.1) is 11.8 Å². The van der Waals surface area contributed by atoms with Crippen molar-refractivity contribution in [3.8, 4) is 0 Å². The zero-order valence-corrected chi connectivity index (χ0v) is 10.9. The third-order valence-electron chi connectivity index (χ3n) is 2.77. The van der Waals surface area contributed by atoms with E-state index in [1.165, 1.54) is 0 Å². The third kappa shape index (κ3) is 5.89. The Morgan fingerprint density at radius 1 is 1.19 bits per heavy atom. The highest BCUT2D eigenvalue weighted by molar-refractivity contribution is 5.84. The van der Waals surface area contributed by atoms with Crippen molar-refractivity contribution in [3.63, 3.8) is 0 Å². The summed E-state index contributed by atoms with van der Waals surface area (Å²) in [4.78, 5) is 22.9. The first kappa shape index (κ1) is 15.1. The molecule has 0 bridgehead atoms. The summed E-state index contributed by atoms with van der Waals surface area (Å²) in [6.45, 7) is 7.99. The molecule has 1 unspecified atom stereocenters. The van der Waals surface area contributed by atoms with Gasteiger partial charge in [0.25, 0.3) is 0 Å². The van der Waals surface area contributed by atoms with Crippen molar-refractivity contribution in [1.82, 2.24) is 0 Å². The van der Waals surface area contributed by atoms with Gasteiger partial charge in [-0.05, 0) is 18.8 Å². The van der Waals surface area contributed by atoms with Crippen LogP contribution in [-0.2, 0) is 14.3 Å². The maximum atomic E-state index is 11.7. The van der Waals surface area contributed by atoms with Crippen LogP contribution >= 0.6 is 0 Å². The molecule has 0 aliphatic carbocycles. The quantitative estimate of drug-likeness (QED) is 0.600. The number of esters is 1. The van der Waals surface area contributed by atoms with Gasteiger partial charge in [-0.25, -0.2) is 0 Å². The van der Waals surface area contributed by atoms with Gasteiger partial charge in [-0.15, -0.1) is 0 Å². The lowest BCUT2D eigenvalue weighted by atomic mass is 9.89. The van der Waals surface area contributed by atoms with Gasteiger partial charge in [-0.3, -0.25) is 9.59 Å². The molecule has 16 heavy (non-hydrogen) atoms. The third-order valence-corrected chi connectivity index (χ3v) is 2.77. The highest BCUT2D eigenvalue weighted by Gasteiger charge is 2.20. The minimum Gasteiger partial charge on any atom is -0.458 e. The monoisotopic (exact) mass is 228 g/mol. The minimum absolute atomic E-state index is 0.0129. The Hall–Kier alpha value is -0.860. The van der Waals surface area contributed by atoms with Gasteiger partial charge in [0.05, 0.1) is 0 Å². The first-order chi connectivity index (χ1) is 7.52. The van der Waals surface area contributed by atoms with Gasteiger partial charge in [-0.2, -0.15) is 0 Å². The van der Waals surface area contributed by atoms with Crippen LogP contribution in [0.4, 0.5) is 0 Å². The van der Waals surface area contributed by atoms with Gasteiger partial charge in [-0.1, -0.05) is 34.1 Å². The van der Waals surface area contributed by atoms with Gasteiger partial charge < -0.3 is 4.74 Å². The van der Waals surface area contributed by atoms with E-state index in [1.807, 2.05) is 27.7 Å². The van der Waals surface area contributed by atoms with Crippen molar-refractivity contribution in [3.05, 3.63) is 0 Å². The molecule has 0 aliphatic heterocycles. The smallest absolute Gasteiger partial charge is 0.306 e. The Bertz CT molecular complexity index is 221. The molecule has 0 rings (SSSR count). The maximum absolute atomic E-state index is 11.7. The standard InChI is InChI=1S/C13H24O3/c1-5-7-8-13(15)16-9-12(14)11(6-2)10(3)4/h10-11H,5-9H2,1-4H3. The van der Waals surface area contributed by atoms with Crippen molar-refractivity contribution in [1.29, 1.82) is 0 Å². The van der Waals surface area contributed by atoms with Crippen LogP contribution in [0.5, 0.6) is 0 Å². The van der Waals surface area contributed by atoms with Crippen molar-refractivity contribution in [2.45, 2.75) is 53.4 Å². The average Bonchev–Trinajstić information content (AvgIpc) is 2.23. The Morgan fingerprint density at radius 3 is 2.25 bits per heavy atom. The number of carbonyl (C=O) groups is 2. The normalized spacial score (nSPS) is 12.6. The first-order valence-corrected chi connectivity index (χ1v) is 6.21. The molecular formula is C13H24O3. The molecule has 1 atom stereocenters. The van der Waals surface area contributed by atoms with Crippen LogP contribution < -0.4 is 0 Å². The SMILES string of the molecule is CCCCC(=O)OCC(=O)C(CC)C(C)C. The Kier molecular flexibility index (Phi) is 7.86. The van der Waals surface area contributed by atoms with Crippen LogP contribution in [0.25, 0.3) is 0 Å². The second-order valence-electron chi connectivity index (χ2n) is 4.49. The molecule has 0 saturated carbocycles. The van der Waals surface area contributed by atoms with Crippen molar-refractivity contribution >= 4 is 11.8 Å². The molecular weight excluding hydrogens is 204 g/mol. The Labute approximate surface area is 98.6 Å². The summed E-state index contributed by atoms with van der Waals surface area (Å²) in [5.41, 5.74) is 0. The van der Waals surface area contributed by atoms with Crippen LogP contribution in [0.15, 0.2) is 0 Å². The summed E-state index contributed by atoms with van der Waals surface area (Å²) >= 11 is 0. The predicted octanol–water partition coefficient (Wildman–Crippen LogP) is 2.97. The fourth-order valence-corrected chi connectivity index (χ4v) is 1.72. The van der Waals surface area contributed by atoms with Crippen molar-refractivity contribution < 1.29 is 14.3 Å². The Morgan fingerprint density at radius 2 is 1.81 bits per heavy atom. The molecule has 3 nitrogen and oxygen atoms in total. The molecule has 0 aliphatic rings. The largest absolute Gasteiger partial charge is 0.458 e. The van der Waals surface area contributed by atoms with Crippen LogP contribution in [-0.4, -0.2) is 18.4 Å². The topological polar surface area (TPSA) is 43.4 Å². The van der Waals surface area contributed by atoms with E-state index < -0.39 is 0 Å². The van der Waals surface area contributed by atoms with Crippen LogP contribution in [0.3, 0.4) is 0 Å². The van der Waals surface area contributed by atoms with Gasteiger partial charge in [0.15, 0.2) is 5.78 Å². The molecule has 0 N–H and O–H groups in total. The van der Waals surface area contributed by atoms with Crippen LogP contribution in [0.1, 0.15) is 53.4 Å². The highest BCUT2D eigenvalue weighted by atomic mass is 16.5. The number of Topliss-reactive ketones (excluding diaryl/α,β-unsaturated/α-hetero) is 1. The van der Waals surface area contributed by atoms with E-state index >= 15 is 0 Å². The summed E-state index contributed by atoms with van der Waals surface area (Å²) in [7, 11) is 0. The first-order valence-electron chi connectivity index (χ1n) is 6.21. The van der Waals surface area contributed by atoms with E-state index in [4.69, 9.17) is 4.74 Å². The van der Waals surface area contributed by atoms with Gasteiger partial charge in [0.2, 0.25) is 0 Å². The molecule has 3 heteroatoms. The number of ether oxygens (including phenoxy) is 1. The number of ketones is 1. The maximum Gasteiger partial charge on any atom is 0.306 e. The molecule has 0 fully saturated rings. The van der Waals surface area contributed by atoms with Crippen molar-refractivity contribution in [2.75, 3.05) is 6.61 Å². The molecule has 0 radical (unpaired) electrons. The molecule has 0 spiro atoms. The molecule has 94 valence electrons. The summed E-state index contributed by atoms with van der Waals surface area (Å²) in [5.74, 6) is 0.113. The molecule has 0 amide bonds. The predicted molar refractivity (Wildman–Crippen MR) is 64.1 cm³/mol. The lowest BCUT2D eigenvalue weighted by Crippen LogP contribution is -2.25. The van der Waals surface area contributed by atoms with E-state index in [0.717, 1.165) is 19.3 Å². The number of carbonyl (C=O) groups excluding carboxylic acids is 2. The minimum atomic E-state index is -0.256. The second kappa shape index (κ2) is 8.31.